The summed E-state index contributed by atoms with van der Waals surface area (Å²) < 4.78 is 38.1. The second-order valence-electron chi connectivity index (χ2n) is 7.14. The van der Waals surface area contributed by atoms with Crippen LogP contribution in [0.5, 0.6) is 11.5 Å². The van der Waals surface area contributed by atoms with E-state index in [1.807, 2.05) is 25.1 Å². The molecule has 0 radical (unpaired) electrons. The topological polar surface area (TPSA) is 93.7 Å². The standard InChI is InChI=1S/C21H26N2O5S/c1-4-18(16-7-10-19-20(13-16)28-12-11-27-19)22-21(24)15-5-8-17(9-6-15)29(25,26)23-14(2)3/h5-10,13-14,18,23H,4,11-12H2,1-3H3,(H,22,24). The van der Waals surface area contributed by atoms with Crippen LogP contribution in [-0.2, 0) is 10.0 Å². The van der Waals surface area contributed by atoms with Crippen LogP contribution < -0.4 is 19.5 Å². The fourth-order valence-corrected chi connectivity index (χ4v) is 4.35. The minimum atomic E-state index is -3.59. The second kappa shape index (κ2) is 8.84. The van der Waals surface area contributed by atoms with Crippen LogP contribution >= 0.6 is 0 Å². The van der Waals surface area contributed by atoms with Crippen LogP contribution in [0.2, 0.25) is 0 Å². The molecule has 0 fully saturated rings. The lowest BCUT2D eigenvalue weighted by Gasteiger charge is -2.22. The van der Waals surface area contributed by atoms with Crippen LogP contribution in [0.4, 0.5) is 0 Å². The van der Waals surface area contributed by atoms with E-state index in [-0.39, 0.29) is 22.9 Å². The van der Waals surface area contributed by atoms with Crippen molar-refractivity contribution < 1.29 is 22.7 Å². The molecule has 2 aromatic rings. The van der Waals surface area contributed by atoms with E-state index in [1.165, 1.54) is 24.3 Å². The molecule has 7 nitrogen and oxygen atoms in total. The first-order chi connectivity index (χ1) is 13.8. The molecule has 2 aromatic carbocycles. The van der Waals surface area contributed by atoms with Gasteiger partial charge >= 0.3 is 0 Å². The van der Waals surface area contributed by atoms with Gasteiger partial charge in [0.05, 0.1) is 10.9 Å². The van der Waals surface area contributed by atoms with Gasteiger partial charge < -0.3 is 14.8 Å². The molecule has 1 aliphatic heterocycles. The number of benzene rings is 2. The summed E-state index contributed by atoms with van der Waals surface area (Å²) in [7, 11) is -3.59. The summed E-state index contributed by atoms with van der Waals surface area (Å²) in [6.45, 7) is 6.51. The summed E-state index contributed by atoms with van der Waals surface area (Å²) in [5.41, 5.74) is 1.31. The Labute approximate surface area is 171 Å². The predicted octanol–water partition coefficient (Wildman–Crippen LogP) is 3.03. The molecule has 29 heavy (non-hydrogen) atoms. The van der Waals surface area contributed by atoms with Crippen molar-refractivity contribution in [3.8, 4) is 11.5 Å². The summed E-state index contributed by atoms with van der Waals surface area (Å²) in [5.74, 6) is 1.11. The molecule has 0 saturated carbocycles. The zero-order chi connectivity index (χ0) is 21.0. The van der Waals surface area contributed by atoms with Gasteiger partial charge in [0, 0.05) is 11.6 Å². The van der Waals surface area contributed by atoms with Gasteiger partial charge in [-0.1, -0.05) is 13.0 Å². The number of sulfonamides is 1. The molecular formula is C21H26N2O5S. The molecule has 0 aromatic heterocycles. The van der Waals surface area contributed by atoms with E-state index in [9.17, 15) is 13.2 Å². The average molecular weight is 419 g/mol. The summed E-state index contributed by atoms with van der Waals surface area (Å²) in [6, 6.07) is 11.1. The molecule has 0 aliphatic carbocycles. The van der Waals surface area contributed by atoms with Gasteiger partial charge in [0.25, 0.3) is 5.91 Å². The summed E-state index contributed by atoms with van der Waals surface area (Å²) in [6.07, 6.45) is 0.691. The van der Waals surface area contributed by atoms with Crippen LogP contribution in [0.15, 0.2) is 47.4 Å². The van der Waals surface area contributed by atoms with Crippen molar-refractivity contribution in [2.45, 2.75) is 44.2 Å². The molecule has 0 bridgehead atoms. The quantitative estimate of drug-likeness (QED) is 0.721. The van der Waals surface area contributed by atoms with Gasteiger partial charge in [0.1, 0.15) is 13.2 Å². The monoisotopic (exact) mass is 418 g/mol. The van der Waals surface area contributed by atoms with Gasteiger partial charge in [-0.05, 0) is 62.2 Å². The van der Waals surface area contributed by atoms with E-state index >= 15 is 0 Å². The first kappa shape index (κ1) is 21.1. The lowest BCUT2D eigenvalue weighted by molar-refractivity contribution is 0.0935. The van der Waals surface area contributed by atoms with E-state index in [0.29, 0.717) is 36.7 Å². The summed E-state index contributed by atoms with van der Waals surface area (Å²) in [4.78, 5) is 12.8. The SMILES string of the molecule is CCC(NC(=O)c1ccc(S(=O)(=O)NC(C)C)cc1)c1ccc2c(c1)OCCO2. The Morgan fingerprint density at radius 1 is 1.03 bits per heavy atom. The van der Waals surface area contributed by atoms with Crippen LogP contribution in [0.3, 0.4) is 0 Å². The Bertz CT molecular complexity index is 971. The minimum absolute atomic E-state index is 0.127. The molecule has 0 spiro atoms. The minimum Gasteiger partial charge on any atom is -0.486 e. The number of hydrogen-bond acceptors (Lipinski definition) is 5. The molecule has 0 saturated heterocycles. The number of carbonyl (C=O) groups is 1. The number of hydrogen-bond donors (Lipinski definition) is 2. The van der Waals surface area contributed by atoms with E-state index in [0.717, 1.165) is 5.56 Å². The first-order valence-electron chi connectivity index (χ1n) is 9.63. The molecule has 2 N–H and O–H groups in total. The Kier molecular flexibility index (Phi) is 6.44. The van der Waals surface area contributed by atoms with Crippen molar-refractivity contribution in [3.05, 3.63) is 53.6 Å². The maximum absolute atomic E-state index is 12.7. The number of nitrogens with one attached hydrogen (secondary N) is 2. The highest BCUT2D eigenvalue weighted by Crippen LogP contribution is 2.33. The van der Waals surface area contributed by atoms with Gasteiger partial charge in [-0.25, -0.2) is 13.1 Å². The smallest absolute Gasteiger partial charge is 0.251 e. The number of fused-ring (bicyclic) bond motifs is 1. The highest BCUT2D eigenvalue weighted by molar-refractivity contribution is 7.89. The highest BCUT2D eigenvalue weighted by atomic mass is 32.2. The Morgan fingerprint density at radius 3 is 2.31 bits per heavy atom. The van der Waals surface area contributed by atoms with Crippen molar-refractivity contribution in [2.24, 2.45) is 0 Å². The maximum atomic E-state index is 12.7. The van der Waals surface area contributed by atoms with E-state index in [2.05, 4.69) is 10.0 Å². The van der Waals surface area contributed by atoms with Crippen molar-refractivity contribution in [1.82, 2.24) is 10.0 Å². The third-order valence-corrected chi connectivity index (χ3v) is 6.17. The Hall–Kier alpha value is -2.58. The van der Waals surface area contributed by atoms with Gasteiger partial charge in [0.15, 0.2) is 11.5 Å². The van der Waals surface area contributed by atoms with Crippen LogP contribution in [0.1, 0.15) is 49.2 Å². The maximum Gasteiger partial charge on any atom is 0.251 e. The molecule has 156 valence electrons. The molecule has 3 rings (SSSR count). The number of ether oxygens (including phenoxy) is 2. The fourth-order valence-electron chi connectivity index (χ4n) is 3.10. The Morgan fingerprint density at radius 2 is 1.69 bits per heavy atom. The lowest BCUT2D eigenvalue weighted by atomic mass is 10.0. The van der Waals surface area contributed by atoms with Crippen molar-refractivity contribution >= 4 is 15.9 Å². The van der Waals surface area contributed by atoms with Crippen molar-refractivity contribution in [1.29, 1.82) is 0 Å². The van der Waals surface area contributed by atoms with Crippen molar-refractivity contribution in [2.75, 3.05) is 13.2 Å². The lowest BCUT2D eigenvalue weighted by Crippen LogP contribution is -2.30. The largest absolute Gasteiger partial charge is 0.486 e. The fraction of sp³-hybridized carbons (Fsp3) is 0.381. The zero-order valence-electron chi connectivity index (χ0n) is 16.8. The first-order valence-corrected chi connectivity index (χ1v) is 11.1. The van der Waals surface area contributed by atoms with E-state index in [4.69, 9.17) is 9.47 Å². The van der Waals surface area contributed by atoms with Crippen LogP contribution in [0.25, 0.3) is 0 Å². The average Bonchev–Trinajstić information content (AvgIpc) is 2.70. The molecule has 8 heteroatoms. The van der Waals surface area contributed by atoms with Gasteiger partial charge in [-0.15, -0.1) is 0 Å². The summed E-state index contributed by atoms with van der Waals surface area (Å²) in [5, 5.41) is 3.00. The predicted molar refractivity (Wildman–Crippen MR) is 110 cm³/mol. The molecule has 1 atom stereocenters. The highest BCUT2D eigenvalue weighted by Gasteiger charge is 2.20. The third-order valence-electron chi connectivity index (χ3n) is 4.50. The summed E-state index contributed by atoms with van der Waals surface area (Å²) >= 11 is 0. The van der Waals surface area contributed by atoms with Crippen LogP contribution in [-0.4, -0.2) is 33.6 Å². The number of amides is 1. The van der Waals surface area contributed by atoms with Gasteiger partial charge in [-0.2, -0.15) is 0 Å². The van der Waals surface area contributed by atoms with Crippen LogP contribution in [0, 0.1) is 0 Å². The van der Waals surface area contributed by atoms with E-state index in [1.54, 1.807) is 13.8 Å². The molecule has 1 aliphatic rings. The number of carbonyl (C=O) groups excluding carboxylic acids is 1. The molecule has 1 amide bonds. The van der Waals surface area contributed by atoms with E-state index < -0.39 is 10.0 Å². The number of rotatable bonds is 7. The molecular weight excluding hydrogens is 392 g/mol. The zero-order valence-corrected chi connectivity index (χ0v) is 17.6. The Balaban J connectivity index is 1.73. The van der Waals surface area contributed by atoms with Crippen molar-refractivity contribution in [3.63, 3.8) is 0 Å². The van der Waals surface area contributed by atoms with Gasteiger partial charge in [-0.3, -0.25) is 4.79 Å². The molecule has 1 unspecified atom stereocenters. The third kappa shape index (κ3) is 5.07. The second-order valence-corrected chi connectivity index (χ2v) is 8.85. The van der Waals surface area contributed by atoms with Gasteiger partial charge in [0.2, 0.25) is 10.0 Å². The normalized spacial score (nSPS) is 14.5. The molecule has 1 heterocycles.